The third kappa shape index (κ3) is 5.14. The predicted molar refractivity (Wildman–Crippen MR) is 30.9 cm³/mol. The van der Waals surface area contributed by atoms with Gasteiger partial charge in [0.05, 0.1) is 0 Å². The average Bonchev–Trinajstić information content (AvgIpc) is 1.83. The van der Waals surface area contributed by atoms with E-state index in [9.17, 15) is 14.0 Å². The van der Waals surface area contributed by atoms with E-state index >= 15 is 0 Å². The summed E-state index contributed by atoms with van der Waals surface area (Å²) >= 11 is 0. The first-order chi connectivity index (χ1) is 4.16. The highest BCUT2D eigenvalue weighted by atomic mass is 19.1. The normalized spacial score (nSPS) is 9.11. The van der Waals surface area contributed by atoms with Gasteiger partial charge >= 0.3 is 0 Å². The Morgan fingerprint density at radius 1 is 1.33 bits per heavy atom. The van der Waals surface area contributed by atoms with Gasteiger partial charge in [-0.15, -0.1) is 0 Å². The van der Waals surface area contributed by atoms with Crippen LogP contribution in [0.4, 0.5) is 4.39 Å². The van der Waals surface area contributed by atoms with E-state index < -0.39 is 12.5 Å². The average molecular weight is 132 g/mol. The molecule has 0 unspecified atom stereocenters. The van der Waals surface area contributed by atoms with Gasteiger partial charge < -0.3 is 4.79 Å². The summed E-state index contributed by atoms with van der Waals surface area (Å²) in [5.74, 6) is -0.568. The van der Waals surface area contributed by atoms with Crippen LogP contribution in [0.5, 0.6) is 0 Å². The molecular weight excluding hydrogens is 123 g/mol. The fourth-order valence-corrected chi connectivity index (χ4v) is 0.382. The lowest BCUT2D eigenvalue weighted by atomic mass is 10.2. The van der Waals surface area contributed by atoms with Gasteiger partial charge in [0.15, 0.2) is 5.78 Å². The van der Waals surface area contributed by atoms with Crippen LogP contribution >= 0.6 is 0 Å². The molecule has 0 heterocycles. The van der Waals surface area contributed by atoms with E-state index in [2.05, 4.69) is 0 Å². The maximum atomic E-state index is 11.4. The van der Waals surface area contributed by atoms with E-state index in [4.69, 9.17) is 0 Å². The molecule has 0 aromatic carbocycles. The number of carbonyl (C=O) groups is 2. The van der Waals surface area contributed by atoms with E-state index in [1.54, 1.807) is 0 Å². The SMILES string of the molecule is CC(=O)CCC(=O)CF. The van der Waals surface area contributed by atoms with Gasteiger partial charge in [-0.3, -0.25) is 4.79 Å². The minimum absolute atomic E-state index is 0.0475. The summed E-state index contributed by atoms with van der Waals surface area (Å²) in [5, 5.41) is 0. The summed E-state index contributed by atoms with van der Waals surface area (Å²) in [4.78, 5) is 20.4. The number of hydrogen-bond acceptors (Lipinski definition) is 2. The van der Waals surface area contributed by atoms with Gasteiger partial charge in [0, 0.05) is 12.8 Å². The summed E-state index contributed by atoms with van der Waals surface area (Å²) in [5.41, 5.74) is 0. The maximum Gasteiger partial charge on any atom is 0.164 e. The van der Waals surface area contributed by atoms with Crippen LogP contribution in [0, 0.1) is 0 Å². The highest BCUT2D eigenvalue weighted by Gasteiger charge is 2.01. The molecule has 0 fully saturated rings. The molecule has 0 spiro atoms. The third-order valence-corrected chi connectivity index (χ3v) is 0.905. The fraction of sp³-hybridized carbons (Fsp3) is 0.667. The zero-order chi connectivity index (χ0) is 7.28. The van der Waals surface area contributed by atoms with Crippen LogP contribution in [0.15, 0.2) is 0 Å². The van der Waals surface area contributed by atoms with E-state index in [1.165, 1.54) is 6.92 Å². The van der Waals surface area contributed by atoms with E-state index in [-0.39, 0.29) is 18.6 Å². The molecule has 0 amide bonds. The monoisotopic (exact) mass is 132 g/mol. The van der Waals surface area contributed by atoms with Crippen LogP contribution in [-0.2, 0) is 9.59 Å². The molecule has 0 atom stereocenters. The molecule has 0 rings (SSSR count). The highest BCUT2D eigenvalue weighted by Crippen LogP contribution is 1.91. The van der Waals surface area contributed by atoms with Gasteiger partial charge in [0.25, 0.3) is 0 Å². The standard InChI is InChI=1S/C6H9FO2/c1-5(8)2-3-6(9)4-7/h2-4H2,1H3. The summed E-state index contributed by atoms with van der Waals surface area (Å²) in [6, 6.07) is 0. The Bertz CT molecular complexity index is 120. The number of carbonyl (C=O) groups excluding carboxylic acids is 2. The van der Waals surface area contributed by atoms with E-state index in [0.717, 1.165) is 0 Å². The second kappa shape index (κ2) is 4.18. The lowest BCUT2D eigenvalue weighted by molar-refractivity contribution is -0.123. The maximum absolute atomic E-state index is 11.4. The first kappa shape index (κ1) is 8.27. The highest BCUT2D eigenvalue weighted by molar-refractivity contribution is 5.85. The first-order valence-electron chi connectivity index (χ1n) is 2.74. The Balaban J connectivity index is 3.28. The quantitative estimate of drug-likeness (QED) is 0.569. The zero-order valence-electron chi connectivity index (χ0n) is 5.32. The molecule has 0 N–H and O–H groups in total. The molecule has 0 saturated carbocycles. The lowest BCUT2D eigenvalue weighted by Crippen LogP contribution is -2.02. The van der Waals surface area contributed by atoms with Crippen molar-refractivity contribution in [1.82, 2.24) is 0 Å². The molecule has 0 aromatic rings. The van der Waals surface area contributed by atoms with Crippen molar-refractivity contribution in [1.29, 1.82) is 0 Å². The van der Waals surface area contributed by atoms with Crippen molar-refractivity contribution in [2.45, 2.75) is 19.8 Å². The van der Waals surface area contributed by atoms with Crippen molar-refractivity contribution in [2.75, 3.05) is 6.67 Å². The Labute approximate surface area is 53.1 Å². The molecule has 0 aliphatic rings. The Morgan fingerprint density at radius 3 is 2.22 bits per heavy atom. The van der Waals surface area contributed by atoms with E-state index in [1.807, 2.05) is 0 Å². The minimum atomic E-state index is -0.951. The van der Waals surface area contributed by atoms with Crippen molar-refractivity contribution >= 4 is 11.6 Å². The summed E-state index contributed by atoms with van der Waals surface area (Å²) < 4.78 is 11.4. The van der Waals surface area contributed by atoms with Crippen molar-refractivity contribution in [3.8, 4) is 0 Å². The van der Waals surface area contributed by atoms with Crippen molar-refractivity contribution in [2.24, 2.45) is 0 Å². The summed E-state index contributed by atoms with van der Waals surface area (Å²) in [7, 11) is 0. The number of ketones is 2. The van der Waals surface area contributed by atoms with Crippen molar-refractivity contribution < 1.29 is 14.0 Å². The molecular formula is C6H9FO2. The molecule has 3 heteroatoms. The number of alkyl halides is 1. The zero-order valence-corrected chi connectivity index (χ0v) is 5.32. The molecule has 52 valence electrons. The van der Waals surface area contributed by atoms with Gasteiger partial charge in [-0.1, -0.05) is 0 Å². The fourth-order valence-electron chi connectivity index (χ4n) is 0.382. The van der Waals surface area contributed by atoms with Crippen LogP contribution < -0.4 is 0 Å². The Kier molecular flexibility index (Phi) is 3.84. The van der Waals surface area contributed by atoms with Gasteiger partial charge in [-0.25, -0.2) is 4.39 Å². The second-order valence-corrected chi connectivity index (χ2v) is 1.87. The van der Waals surface area contributed by atoms with Crippen molar-refractivity contribution in [3.63, 3.8) is 0 Å². The van der Waals surface area contributed by atoms with Crippen LogP contribution in [0.25, 0.3) is 0 Å². The third-order valence-electron chi connectivity index (χ3n) is 0.905. The number of Topliss-reactive ketones (excluding diaryl/α,β-unsaturated/α-hetero) is 2. The van der Waals surface area contributed by atoms with Gasteiger partial charge in [-0.2, -0.15) is 0 Å². The molecule has 0 saturated heterocycles. The van der Waals surface area contributed by atoms with Gasteiger partial charge in [0.1, 0.15) is 12.5 Å². The predicted octanol–water partition coefficient (Wildman–Crippen LogP) is 0.894. The second-order valence-electron chi connectivity index (χ2n) is 1.87. The number of hydrogen-bond donors (Lipinski definition) is 0. The molecule has 0 aliphatic heterocycles. The van der Waals surface area contributed by atoms with Crippen LogP contribution in [-0.4, -0.2) is 18.2 Å². The smallest absolute Gasteiger partial charge is 0.164 e. The lowest BCUT2D eigenvalue weighted by Gasteiger charge is -1.89. The van der Waals surface area contributed by atoms with E-state index in [0.29, 0.717) is 0 Å². The first-order valence-corrected chi connectivity index (χ1v) is 2.74. The molecule has 2 nitrogen and oxygen atoms in total. The van der Waals surface area contributed by atoms with Crippen molar-refractivity contribution in [3.05, 3.63) is 0 Å². The molecule has 0 aromatic heterocycles. The molecule has 0 aliphatic carbocycles. The van der Waals surface area contributed by atoms with Crippen LogP contribution in [0.2, 0.25) is 0 Å². The summed E-state index contributed by atoms with van der Waals surface area (Å²) in [6.45, 7) is 0.429. The number of rotatable bonds is 4. The largest absolute Gasteiger partial charge is 0.300 e. The van der Waals surface area contributed by atoms with Crippen LogP contribution in [0.3, 0.4) is 0 Å². The minimum Gasteiger partial charge on any atom is -0.300 e. The Morgan fingerprint density at radius 2 is 1.89 bits per heavy atom. The summed E-state index contributed by atoms with van der Waals surface area (Å²) in [6.07, 6.45) is 0.217. The molecule has 0 bridgehead atoms. The van der Waals surface area contributed by atoms with Gasteiger partial charge in [0.2, 0.25) is 0 Å². The molecule has 0 radical (unpaired) electrons. The topological polar surface area (TPSA) is 34.1 Å². The number of halogens is 1. The molecule has 9 heavy (non-hydrogen) atoms. The van der Waals surface area contributed by atoms with Crippen LogP contribution in [0.1, 0.15) is 19.8 Å². The Hall–Kier alpha value is -0.730. The van der Waals surface area contributed by atoms with Gasteiger partial charge in [-0.05, 0) is 6.92 Å².